The summed E-state index contributed by atoms with van der Waals surface area (Å²) < 4.78 is 15.8. The first-order valence-corrected chi connectivity index (χ1v) is 9.48. The Morgan fingerprint density at radius 3 is 3.14 bits per heavy atom. The Morgan fingerprint density at radius 1 is 1.43 bits per heavy atom. The Kier molecular flexibility index (Phi) is 5.34. The first-order chi connectivity index (χ1) is 13.6. The molecule has 1 aliphatic rings. The maximum atomic E-state index is 12.5. The van der Waals surface area contributed by atoms with Crippen molar-refractivity contribution in [3.8, 4) is 5.88 Å². The molecule has 3 heterocycles. The summed E-state index contributed by atoms with van der Waals surface area (Å²) in [6.45, 7) is 3.76. The molecule has 1 aliphatic heterocycles. The molecule has 1 N–H and O–H groups in total. The van der Waals surface area contributed by atoms with Gasteiger partial charge in [0, 0.05) is 18.1 Å². The van der Waals surface area contributed by atoms with Gasteiger partial charge < -0.3 is 19.4 Å². The Labute approximate surface area is 165 Å². The molecule has 0 spiro atoms. The van der Waals surface area contributed by atoms with E-state index < -0.39 is 0 Å². The van der Waals surface area contributed by atoms with Gasteiger partial charge >= 0.3 is 0 Å². The highest BCUT2D eigenvalue weighted by Gasteiger charge is 2.28. The number of halogens is 1. The summed E-state index contributed by atoms with van der Waals surface area (Å²) in [6, 6.07) is 5.86. The van der Waals surface area contributed by atoms with Crippen molar-refractivity contribution in [1.29, 1.82) is 0 Å². The second-order valence-corrected chi connectivity index (χ2v) is 7.12. The van der Waals surface area contributed by atoms with Crippen LogP contribution in [0.4, 0.5) is 6.01 Å². The Hall–Kier alpha value is -2.81. The lowest BCUT2D eigenvalue weighted by Gasteiger charge is -2.30. The molecule has 148 valence electrons. The predicted molar refractivity (Wildman–Crippen MR) is 101 cm³/mol. The van der Waals surface area contributed by atoms with Gasteiger partial charge in [-0.15, -0.1) is 0 Å². The first-order valence-electron chi connectivity index (χ1n) is 9.11. The van der Waals surface area contributed by atoms with Crippen molar-refractivity contribution in [1.82, 2.24) is 20.6 Å². The molecule has 1 aromatic carbocycles. The second-order valence-electron chi connectivity index (χ2n) is 6.69. The number of hydrogen-bond acceptors (Lipinski definition) is 8. The molecule has 28 heavy (non-hydrogen) atoms. The fourth-order valence-electron chi connectivity index (χ4n) is 3.21. The highest BCUT2D eigenvalue weighted by atomic mass is 35.5. The number of anilines is 1. The van der Waals surface area contributed by atoms with Gasteiger partial charge in [0.2, 0.25) is 5.91 Å². The van der Waals surface area contributed by atoms with E-state index in [2.05, 4.69) is 25.2 Å². The van der Waals surface area contributed by atoms with Crippen molar-refractivity contribution in [2.75, 3.05) is 31.1 Å². The average Bonchev–Trinajstić information content (AvgIpc) is 3.30. The standard InChI is InChI=1S/C18H20ClN5O4/c1-11-17(23-28-22-11)26-8-6-20-16(25)12-3-2-7-24(10-12)18-21-14-9-13(19)4-5-15(14)27-18/h4-5,9,12H,2-3,6-8,10H2,1H3,(H,20,25). The SMILES string of the molecule is Cc1nonc1OCCNC(=O)C1CCCN(c2nc3cc(Cl)ccc3o2)C1. The summed E-state index contributed by atoms with van der Waals surface area (Å²) in [5.41, 5.74) is 1.97. The van der Waals surface area contributed by atoms with Crippen molar-refractivity contribution < 1.29 is 18.6 Å². The minimum absolute atomic E-state index is 0.0116. The van der Waals surface area contributed by atoms with E-state index in [0.29, 0.717) is 53.4 Å². The molecule has 1 unspecified atom stereocenters. The molecule has 2 aromatic heterocycles. The quantitative estimate of drug-likeness (QED) is 0.623. The number of amides is 1. The van der Waals surface area contributed by atoms with Crippen molar-refractivity contribution >= 4 is 34.6 Å². The van der Waals surface area contributed by atoms with Crippen LogP contribution in [0.15, 0.2) is 27.2 Å². The zero-order valence-corrected chi connectivity index (χ0v) is 16.1. The monoisotopic (exact) mass is 405 g/mol. The average molecular weight is 406 g/mol. The summed E-state index contributed by atoms with van der Waals surface area (Å²) >= 11 is 6.01. The fraction of sp³-hybridized carbons (Fsp3) is 0.444. The molecule has 10 heteroatoms. The topological polar surface area (TPSA) is 107 Å². The summed E-state index contributed by atoms with van der Waals surface area (Å²) in [7, 11) is 0. The van der Waals surface area contributed by atoms with E-state index in [1.54, 1.807) is 25.1 Å². The highest BCUT2D eigenvalue weighted by Crippen LogP contribution is 2.28. The molecule has 4 rings (SSSR count). The van der Waals surface area contributed by atoms with E-state index in [4.69, 9.17) is 20.8 Å². The van der Waals surface area contributed by atoms with Crippen LogP contribution in [0.1, 0.15) is 18.5 Å². The van der Waals surface area contributed by atoms with Gasteiger partial charge in [0.1, 0.15) is 17.8 Å². The van der Waals surface area contributed by atoms with E-state index in [1.807, 2.05) is 4.90 Å². The molecule has 1 atom stereocenters. The molecule has 0 bridgehead atoms. The molecular formula is C18H20ClN5O4. The molecule has 0 radical (unpaired) electrons. The third kappa shape index (κ3) is 4.04. The normalized spacial score (nSPS) is 17.1. The van der Waals surface area contributed by atoms with Crippen molar-refractivity contribution in [3.05, 3.63) is 28.9 Å². The number of ether oxygens (including phenoxy) is 1. The number of hydrogen-bond donors (Lipinski definition) is 1. The molecule has 1 amide bonds. The third-order valence-electron chi connectivity index (χ3n) is 4.65. The Balaban J connectivity index is 1.31. The maximum Gasteiger partial charge on any atom is 0.298 e. The summed E-state index contributed by atoms with van der Waals surface area (Å²) in [5.74, 6) is 0.194. The summed E-state index contributed by atoms with van der Waals surface area (Å²) in [5, 5.41) is 10.8. The number of aromatic nitrogens is 3. The lowest BCUT2D eigenvalue weighted by molar-refractivity contribution is -0.125. The summed E-state index contributed by atoms with van der Waals surface area (Å²) in [6.07, 6.45) is 1.71. The fourth-order valence-corrected chi connectivity index (χ4v) is 3.38. The van der Waals surface area contributed by atoms with Gasteiger partial charge in [-0.25, -0.2) is 4.63 Å². The Morgan fingerprint density at radius 2 is 2.32 bits per heavy atom. The number of piperidine rings is 1. The molecule has 0 aliphatic carbocycles. The van der Waals surface area contributed by atoms with Gasteiger partial charge in [0.05, 0.1) is 12.5 Å². The predicted octanol–water partition coefficient (Wildman–Crippen LogP) is 2.58. The van der Waals surface area contributed by atoms with Crippen LogP contribution in [0.2, 0.25) is 5.02 Å². The van der Waals surface area contributed by atoms with Gasteiger partial charge in [0.25, 0.3) is 11.9 Å². The number of oxazole rings is 1. The van der Waals surface area contributed by atoms with Crippen LogP contribution in [-0.4, -0.2) is 47.4 Å². The molecule has 1 fully saturated rings. The zero-order chi connectivity index (χ0) is 19.5. The lowest BCUT2D eigenvalue weighted by atomic mass is 9.97. The number of nitrogens with zero attached hydrogens (tertiary/aromatic N) is 4. The lowest BCUT2D eigenvalue weighted by Crippen LogP contribution is -2.44. The van der Waals surface area contributed by atoms with Crippen molar-refractivity contribution in [2.45, 2.75) is 19.8 Å². The number of nitrogens with one attached hydrogen (secondary N) is 1. The van der Waals surface area contributed by atoms with Gasteiger partial charge in [0.15, 0.2) is 5.58 Å². The van der Waals surface area contributed by atoms with Crippen LogP contribution < -0.4 is 15.0 Å². The number of carbonyl (C=O) groups excluding carboxylic acids is 1. The van der Waals surface area contributed by atoms with Gasteiger partial charge in [-0.2, -0.15) is 4.98 Å². The second kappa shape index (κ2) is 8.05. The van der Waals surface area contributed by atoms with Gasteiger partial charge in [-0.3, -0.25) is 4.79 Å². The van der Waals surface area contributed by atoms with Gasteiger partial charge in [-0.1, -0.05) is 16.8 Å². The van der Waals surface area contributed by atoms with E-state index >= 15 is 0 Å². The van der Waals surface area contributed by atoms with E-state index in [0.717, 1.165) is 19.4 Å². The minimum atomic E-state index is -0.136. The number of rotatable bonds is 6. The molecule has 9 nitrogen and oxygen atoms in total. The van der Waals surface area contributed by atoms with Crippen LogP contribution in [0.25, 0.3) is 11.1 Å². The zero-order valence-electron chi connectivity index (χ0n) is 15.4. The number of fused-ring (bicyclic) bond motifs is 1. The molecule has 3 aromatic rings. The molecular weight excluding hydrogens is 386 g/mol. The van der Waals surface area contributed by atoms with E-state index in [-0.39, 0.29) is 11.8 Å². The van der Waals surface area contributed by atoms with Crippen molar-refractivity contribution in [2.24, 2.45) is 5.92 Å². The molecule has 0 saturated carbocycles. The molecule has 1 saturated heterocycles. The van der Waals surface area contributed by atoms with Gasteiger partial charge in [-0.05, 0) is 43.1 Å². The third-order valence-corrected chi connectivity index (χ3v) is 4.89. The van der Waals surface area contributed by atoms with Crippen LogP contribution >= 0.6 is 11.6 Å². The smallest absolute Gasteiger partial charge is 0.298 e. The van der Waals surface area contributed by atoms with E-state index in [1.165, 1.54) is 0 Å². The van der Waals surface area contributed by atoms with Crippen LogP contribution in [-0.2, 0) is 4.79 Å². The summed E-state index contributed by atoms with van der Waals surface area (Å²) in [4.78, 5) is 19.0. The maximum absolute atomic E-state index is 12.5. The minimum Gasteiger partial charge on any atom is -0.472 e. The highest BCUT2D eigenvalue weighted by molar-refractivity contribution is 6.31. The van der Waals surface area contributed by atoms with Crippen LogP contribution in [0.3, 0.4) is 0 Å². The van der Waals surface area contributed by atoms with E-state index in [9.17, 15) is 4.79 Å². The number of aryl methyl sites for hydroxylation is 1. The number of benzene rings is 1. The first kappa shape index (κ1) is 18.5. The number of carbonyl (C=O) groups is 1. The van der Waals surface area contributed by atoms with Crippen molar-refractivity contribution in [3.63, 3.8) is 0 Å². The van der Waals surface area contributed by atoms with Crippen LogP contribution in [0.5, 0.6) is 5.88 Å². The largest absolute Gasteiger partial charge is 0.472 e. The van der Waals surface area contributed by atoms with Crippen LogP contribution in [0, 0.1) is 12.8 Å². The Bertz CT molecular complexity index is 972.